The quantitative estimate of drug-likeness (QED) is 0.588. The summed E-state index contributed by atoms with van der Waals surface area (Å²) in [7, 11) is 3.13. The van der Waals surface area contributed by atoms with Crippen LogP contribution in [-0.4, -0.2) is 35.7 Å². The zero-order chi connectivity index (χ0) is 16.6. The fraction of sp³-hybridized carbons (Fsp3) is 0.111. The van der Waals surface area contributed by atoms with Crippen LogP contribution in [0, 0.1) is 0 Å². The first kappa shape index (κ1) is 15.3. The monoisotopic (exact) mass is 326 g/mol. The molecular formula is C18H15ClN2O2. The van der Waals surface area contributed by atoms with Gasteiger partial charge >= 0.3 is 0 Å². The third-order valence-corrected chi connectivity index (χ3v) is 3.92. The van der Waals surface area contributed by atoms with Crippen molar-refractivity contribution in [2.45, 2.75) is 0 Å². The topological polar surface area (TPSA) is 53.2 Å². The van der Waals surface area contributed by atoms with Crippen molar-refractivity contribution in [3.8, 4) is 11.3 Å². The van der Waals surface area contributed by atoms with Crippen LogP contribution in [0.15, 0.2) is 48.5 Å². The molecule has 0 spiro atoms. The number of likely N-dealkylation sites (N-methyl/N-ethyl adjacent to an activating group) is 1. The Labute approximate surface area is 138 Å². The van der Waals surface area contributed by atoms with E-state index in [-0.39, 0.29) is 0 Å². The molecule has 1 amide bonds. The van der Waals surface area contributed by atoms with Gasteiger partial charge in [-0.25, -0.2) is 0 Å². The number of rotatable bonds is 3. The molecule has 0 saturated heterocycles. The minimum absolute atomic E-state index is 0.390. The maximum Gasteiger partial charge on any atom is 0.294 e. The van der Waals surface area contributed by atoms with Gasteiger partial charge in [0, 0.05) is 30.0 Å². The van der Waals surface area contributed by atoms with E-state index < -0.39 is 11.7 Å². The lowest BCUT2D eigenvalue weighted by Gasteiger charge is -2.10. The molecule has 0 saturated carbocycles. The van der Waals surface area contributed by atoms with Crippen molar-refractivity contribution in [2.24, 2.45) is 0 Å². The van der Waals surface area contributed by atoms with Crippen LogP contribution in [-0.2, 0) is 4.79 Å². The Balaban J connectivity index is 2.25. The molecule has 5 heteroatoms. The fourth-order valence-electron chi connectivity index (χ4n) is 2.52. The lowest BCUT2D eigenvalue weighted by Crippen LogP contribution is -2.30. The van der Waals surface area contributed by atoms with E-state index in [1.165, 1.54) is 4.90 Å². The smallest absolute Gasteiger partial charge is 0.294 e. The molecule has 1 N–H and O–H groups in total. The molecule has 3 rings (SSSR count). The molecule has 116 valence electrons. The zero-order valence-corrected chi connectivity index (χ0v) is 13.5. The molecule has 0 aliphatic rings. The number of hydrogen-bond donors (Lipinski definition) is 1. The Hall–Kier alpha value is -2.59. The molecule has 4 nitrogen and oxygen atoms in total. The van der Waals surface area contributed by atoms with Gasteiger partial charge in [0.2, 0.25) is 0 Å². The van der Waals surface area contributed by atoms with Crippen LogP contribution >= 0.6 is 11.6 Å². The summed E-state index contributed by atoms with van der Waals surface area (Å²) in [4.78, 5) is 29.4. The summed E-state index contributed by atoms with van der Waals surface area (Å²) in [5.74, 6) is -1.08. The summed E-state index contributed by atoms with van der Waals surface area (Å²) in [5, 5.41) is 1.35. The number of halogens is 1. The largest absolute Gasteiger partial charge is 0.354 e. The number of Topliss-reactive ketones (excluding diaryl/α,β-unsaturated/α-hetero) is 1. The number of nitrogens with zero attached hydrogens (tertiary/aromatic N) is 1. The maximum absolute atomic E-state index is 12.7. The predicted octanol–water partition coefficient (Wildman–Crippen LogP) is 3.76. The number of para-hydroxylation sites is 1. The molecule has 0 fully saturated rings. The van der Waals surface area contributed by atoms with E-state index >= 15 is 0 Å². The van der Waals surface area contributed by atoms with E-state index in [4.69, 9.17) is 11.6 Å². The van der Waals surface area contributed by atoms with Crippen molar-refractivity contribution in [1.82, 2.24) is 9.88 Å². The number of carbonyl (C=O) groups excluding carboxylic acids is 2. The molecule has 0 atom stereocenters. The van der Waals surface area contributed by atoms with E-state index in [1.54, 1.807) is 26.2 Å². The minimum atomic E-state index is -0.551. The highest BCUT2D eigenvalue weighted by Gasteiger charge is 2.26. The van der Waals surface area contributed by atoms with Crippen LogP contribution in [0.5, 0.6) is 0 Å². The first-order valence-electron chi connectivity index (χ1n) is 7.11. The number of benzene rings is 2. The minimum Gasteiger partial charge on any atom is -0.354 e. The molecule has 0 bridgehead atoms. The molecule has 3 aromatic rings. The third-order valence-electron chi connectivity index (χ3n) is 3.67. The van der Waals surface area contributed by atoms with Gasteiger partial charge in [-0.05, 0) is 23.8 Å². The zero-order valence-electron chi connectivity index (χ0n) is 12.8. The number of hydrogen-bond acceptors (Lipinski definition) is 2. The van der Waals surface area contributed by atoms with Gasteiger partial charge in [0.05, 0.1) is 11.3 Å². The third kappa shape index (κ3) is 2.73. The van der Waals surface area contributed by atoms with Gasteiger partial charge in [-0.15, -0.1) is 0 Å². The Morgan fingerprint density at radius 2 is 1.65 bits per heavy atom. The first-order chi connectivity index (χ1) is 11.0. The number of ketones is 1. The number of carbonyl (C=O) groups is 2. The second-order valence-corrected chi connectivity index (χ2v) is 5.89. The summed E-state index contributed by atoms with van der Waals surface area (Å²) in [6.45, 7) is 0. The van der Waals surface area contributed by atoms with Crippen LogP contribution in [0.2, 0.25) is 5.02 Å². The normalized spacial score (nSPS) is 10.7. The number of H-pyrrole nitrogens is 1. The second kappa shape index (κ2) is 5.89. The molecule has 0 unspecified atom stereocenters. The molecule has 2 aromatic carbocycles. The van der Waals surface area contributed by atoms with Gasteiger partial charge in [0.1, 0.15) is 0 Å². The van der Waals surface area contributed by atoms with Gasteiger partial charge in [-0.1, -0.05) is 41.9 Å². The van der Waals surface area contributed by atoms with E-state index in [2.05, 4.69) is 4.98 Å². The van der Waals surface area contributed by atoms with Crippen molar-refractivity contribution >= 4 is 34.2 Å². The fourth-order valence-corrected chi connectivity index (χ4v) is 2.65. The highest BCUT2D eigenvalue weighted by molar-refractivity contribution is 6.46. The number of nitrogens with one attached hydrogen (secondary N) is 1. The van der Waals surface area contributed by atoms with E-state index in [9.17, 15) is 9.59 Å². The van der Waals surface area contributed by atoms with Crippen LogP contribution in [0.1, 0.15) is 10.4 Å². The van der Waals surface area contributed by atoms with E-state index in [0.717, 1.165) is 16.5 Å². The average molecular weight is 327 g/mol. The van der Waals surface area contributed by atoms with Gasteiger partial charge in [-0.3, -0.25) is 9.59 Å². The Morgan fingerprint density at radius 3 is 2.30 bits per heavy atom. The van der Waals surface area contributed by atoms with Crippen LogP contribution in [0.25, 0.3) is 22.2 Å². The highest BCUT2D eigenvalue weighted by Crippen LogP contribution is 2.31. The first-order valence-corrected chi connectivity index (χ1v) is 7.49. The van der Waals surface area contributed by atoms with Gasteiger partial charge < -0.3 is 9.88 Å². The van der Waals surface area contributed by atoms with Crippen LogP contribution < -0.4 is 0 Å². The van der Waals surface area contributed by atoms with Crippen molar-refractivity contribution in [3.05, 3.63) is 59.1 Å². The van der Waals surface area contributed by atoms with Gasteiger partial charge in [0.25, 0.3) is 11.7 Å². The number of aromatic amines is 1. The lowest BCUT2D eigenvalue weighted by molar-refractivity contribution is -0.124. The molecule has 1 heterocycles. The summed E-state index contributed by atoms with van der Waals surface area (Å²) < 4.78 is 0. The maximum atomic E-state index is 12.7. The standard InChI is InChI=1S/C18H15ClN2O2/c1-21(2)18(23)17(22)15-13-5-3-4-6-14(13)20-16(15)11-7-9-12(19)10-8-11/h3-10,20H,1-2H3. The SMILES string of the molecule is CN(C)C(=O)C(=O)c1c(-c2ccc(Cl)cc2)[nH]c2ccccc12. The van der Waals surface area contributed by atoms with Crippen molar-refractivity contribution < 1.29 is 9.59 Å². The summed E-state index contributed by atoms with van der Waals surface area (Å²) >= 11 is 5.93. The van der Waals surface area contributed by atoms with E-state index in [0.29, 0.717) is 16.3 Å². The highest BCUT2D eigenvalue weighted by atomic mass is 35.5. The lowest BCUT2D eigenvalue weighted by atomic mass is 10.0. The van der Waals surface area contributed by atoms with Crippen molar-refractivity contribution in [1.29, 1.82) is 0 Å². The van der Waals surface area contributed by atoms with Gasteiger partial charge in [0.15, 0.2) is 0 Å². The summed E-state index contributed by atoms with van der Waals surface area (Å²) in [6, 6.07) is 14.6. The average Bonchev–Trinajstić information content (AvgIpc) is 2.93. The van der Waals surface area contributed by atoms with Gasteiger partial charge in [-0.2, -0.15) is 0 Å². The summed E-state index contributed by atoms with van der Waals surface area (Å²) in [6.07, 6.45) is 0. The molecule has 0 radical (unpaired) electrons. The molecular weight excluding hydrogens is 312 g/mol. The van der Waals surface area contributed by atoms with E-state index in [1.807, 2.05) is 36.4 Å². The Kier molecular flexibility index (Phi) is 3.92. The molecule has 0 aliphatic heterocycles. The van der Waals surface area contributed by atoms with Crippen molar-refractivity contribution in [3.63, 3.8) is 0 Å². The Bertz CT molecular complexity index is 895. The molecule has 0 aliphatic carbocycles. The van der Waals surface area contributed by atoms with Crippen LogP contribution in [0.3, 0.4) is 0 Å². The molecule has 23 heavy (non-hydrogen) atoms. The second-order valence-electron chi connectivity index (χ2n) is 5.46. The Morgan fingerprint density at radius 1 is 1.00 bits per heavy atom. The number of aromatic nitrogens is 1. The number of fused-ring (bicyclic) bond motifs is 1. The van der Waals surface area contributed by atoms with Crippen molar-refractivity contribution in [2.75, 3.05) is 14.1 Å². The predicted molar refractivity (Wildman–Crippen MR) is 91.8 cm³/mol. The number of amides is 1. The molecule has 1 aromatic heterocycles. The van der Waals surface area contributed by atoms with Crippen LogP contribution in [0.4, 0.5) is 0 Å². The summed E-state index contributed by atoms with van der Waals surface area (Å²) in [5.41, 5.74) is 2.64.